The van der Waals surface area contributed by atoms with Crippen molar-refractivity contribution < 1.29 is 4.79 Å². The maximum absolute atomic E-state index is 13.0. The second-order valence-corrected chi connectivity index (χ2v) is 8.12. The van der Waals surface area contributed by atoms with Crippen molar-refractivity contribution in [3.8, 4) is 0 Å². The normalized spacial score (nSPS) is 20.4. The monoisotopic (exact) mass is 399 g/mol. The lowest BCUT2D eigenvalue weighted by atomic mass is 9.89. The summed E-state index contributed by atoms with van der Waals surface area (Å²) in [5.41, 5.74) is 0.979. The molecule has 0 bridgehead atoms. The van der Waals surface area contributed by atoms with Gasteiger partial charge in [-0.15, -0.1) is 11.3 Å². The average molecular weight is 400 g/mol. The summed E-state index contributed by atoms with van der Waals surface area (Å²) in [6.07, 6.45) is 12.3. The predicted octanol–water partition coefficient (Wildman–Crippen LogP) is 5.54. The first-order valence-corrected chi connectivity index (χ1v) is 10.9. The molecule has 2 fully saturated rings. The number of rotatable bonds is 4. The van der Waals surface area contributed by atoms with Gasteiger partial charge in [-0.2, -0.15) is 0 Å². The van der Waals surface area contributed by atoms with Crippen LogP contribution in [0, 0.1) is 0 Å². The zero-order chi connectivity index (χ0) is 16.1. The standard InChI is InChI=1S/C17H26BrN3OS/c18-11-13-12-23-16(19-13)20-17(22)21(14-7-3-1-4-8-14)15-9-5-2-6-10-15/h12,14-15H,1-11H2,(H,19,20,22). The van der Waals surface area contributed by atoms with E-state index in [0.717, 1.165) is 41.8 Å². The van der Waals surface area contributed by atoms with E-state index in [0.29, 0.717) is 12.1 Å². The van der Waals surface area contributed by atoms with E-state index >= 15 is 0 Å². The molecule has 2 amide bonds. The highest BCUT2D eigenvalue weighted by Gasteiger charge is 2.32. The number of hydrogen-bond acceptors (Lipinski definition) is 3. The van der Waals surface area contributed by atoms with Gasteiger partial charge in [-0.05, 0) is 25.7 Å². The highest BCUT2D eigenvalue weighted by atomic mass is 79.9. The molecule has 0 unspecified atom stereocenters. The number of nitrogens with one attached hydrogen (secondary N) is 1. The number of nitrogens with zero attached hydrogens (tertiary/aromatic N) is 2. The van der Waals surface area contributed by atoms with Crippen molar-refractivity contribution in [1.82, 2.24) is 9.88 Å². The first kappa shape index (κ1) is 17.2. The summed E-state index contributed by atoms with van der Waals surface area (Å²) >= 11 is 4.93. The van der Waals surface area contributed by atoms with Gasteiger partial charge < -0.3 is 4.90 Å². The van der Waals surface area contributed by atoms with Crippen LogP contribution >= 0.6 is 27.3 Å². The number of hydrogen-bond donors (Lipinski definition) is 1. The average Bonchev–Trinajstić information content (AvgIpc) is 3.04. The molecule has 3 rings (SSSR count). The van der Waals surface area contributed by atoms with Crippen molar-refractivity contribution in [2.24, 2.45) is 0 Å². The van der Waals surface area contributed by atoms with Crippen LogP contribution in [-0.2, 0) is 5.33 Å². The summed E-state index contributed by atoms with van der Waals surface area (Å²) < 4.78 is 0. The van der Waals surface area contributed by atoms with E-state index in [2.05, 4.69) is 31.1 Å². The Hall–Kier alpha value is -0.620. The fraction of sp³-hybridized carbons (Fsp3) is 0.765. The molecule has 4 nitrogen and oxygen atoms in total. The molecule has 0 aromatic carbocycles. The Bertz CT molecular complexity index is 492. The molecule has 0 radical (unpaired) electrons. The van der Waals surface area contributed by atoms with Gasteiger partial charge in [-0.3, -0.25) is 5.32 Å². The summed E-state index contributed by atoms with van der Waals surface area (Å²) in [4.78, 5) is 19.6. The number of halogens is 1. The van der Waals surface area contributed by atoms with E-state index < -0.39 is 0 Å². The summed E-state index contributed by atoms with van der Waals surface area (Å²) in [6, 6.07) is 0.907. The van der Waals surface area contributed by atoms with Crippen LogP contribution in [-0.4, -0.2) is 28.0 Å². The predicted molar refractivity (Wildman–Crippen MR) is 99.3 cm³/mol. The van der Waals surface area contributed by atoms with Crippen molar-refractivity contribution >= 4 is 38.4 Å². The van der Waals surface area contributed by atoms with Gasteiger partial charge in [-0.1, -0.05) is 54.5 Å². The second kappa shape index (κ2) is 8.47. The lowest BCUT2D eigenvalue weighted by molar-refractivity contribution is 0.114. The number of carbonyl (C=O) groups excluding carboxylic acids is 1. The highest BCUT2D eigenvalue weighted by molar-refractivity contribution is 9.08. The van der Waals surface area contributed by atoms with Crippen LogP contribution in [0.4, 0.5) is 9.93 Å². The number of urea groups is 1. The van der Waals surface area contributed by atoms with E-state index in [4.69, 9.17) is 0 Å². The fourth-order valence-electron chi connectivity index (χ4n) is 3.93. The molecule has 0 spiro atoms. The molecule has 6 heteroatoms. The van der Waals surface area contributed by atoms with Crippen LogP contribution in [0.5, 0.6) is 0 Å². The van der Waals surface area contributed by atoms with Crippen molar-refractivity contribution in [3.05, 3.63) is 11.1 Å². The Morgan fingerprint density at radius 3 is 2.17 bits per heavy atom. The summed E-state index contributed by atoms with van der Waals surface area (Å²) in [5.74, 6) is 0. The van der Waals surface area contributed by atoms with E-state index in [-0.39, 0.29) is 6.03 Å². The van der Waals surface area contributed by atoms with Crippen LogP contribution in [0.3, 0.4) is 0 Å². The number of amides is 2. The molecule has 0 aliphatic heterocycles. The van der Waals surface area contributed by atoms with Crippen molar-refractivity contribution in [2.75, 3.05) is 5.32 Å². The summed E-state index contributed by atoms with van der Waals surface area (Å²) in [7, 11) is 0. The molecule has 2 aliphatic carbocycles. The minimum Gasteiger partial charge on any atom is -0.319 e. The highest BCUT2D eigenvalue weighted by Crippen LogP contribution is 2.31. The molecule has 1 N–H and O–H groups in total. The van der Waals surface area contributed by atoms with Gasteiger partial charge in [0.25, 0.3) is 0 Å². The third-order valence-electron chi connectivity index (χ3n) is 5.07. The molecular formula is C17H26BrN3OS. The van der Waals surface area contributed by atoms with Crippen LogP contribution < -0.4 is 5.32 Å². The van der Waals surface area contributed by atoms with Gasteiger partial charge in [0.1, 0.15) is 0 Å². The van der Waals surface area contributed by atoms with Crippen LogP contribution in [0.25, 0.3) is 0 Å². The van der Waals surface area contributed by atoms with E-state index in [1.165, 1.54) is 49.9 Å². The Balaban J connectivity index is 1.71. The van der Waals surface area contributed by atoms with E-state index in [1.54, 1.807) is 0 Å². The Kier molecular flexibility index (Phi) is 6.34. The summed E-state index contributed by atoms with van der Waals surface area (Å²) in [6.45, 7) is 0. The third-order valence-corrected chi connectivity index (χ3v) is 6.45. The molecule has 128 valence electrons. The third kappa shape index (κ3) is 4.47. The van der Waals surface area contributed by atoms with Gasteiger partial charge in [0.05, 0.1) is 5.69 Å². The maximum Gasteiger partial charge on any atom is 0.324 e. The number of thiazole rings is 1. The lowest BCUT2D eigenvalue weighted by Crippen LogP contribution is -2.50. The molecular weight excluding hydrogens is 374 g/mol. The van der Waals surface area contributed by atoms with E-state index in [1.807, 2.05) is 5.38 Å². The van der Waals surface area contributed by atoms with Gasteiger partial charge in [0.2, 0.25) is 0 Å². The molecule has 23 heavy (non-hydrogen) atoms. The lowest BCUT2D eigenvalue weighted by Gasteiger charge is -2.41. The maximum atomic E-state index is 13.0. The molecule has 0 atom stereocenters. The number of aromatic nitrogens is 1. The molecule has 1 aromatic rings. The molecule has 1 aromatic heterocycles. The van der Waals surface area contributed by atoms with Crippen molar-refractivity contribution in [1.29, 1.82) is 0 Å². The van der Waals surface area contributed by atoms with Gasteiger partial charge in [-0.25, -0.2) is 9.78 Å². The first-order chi connectivity index (χ1) is 11.3. The molecule has 2 aliphatic rings. The molecule has 1 heterocycles. The van der Waals surface area contributed by atoms with Crippen molar-refractivity contribution in [2.45, 2.75) is 81.6 Å². The fourth-order valence-corrected chi connectivity index (χ4v) is 5.13. The Morgan fingerprint density at radius 2 is 1.70 bits per heavy atom. The minimum absolute atomic E-state index is 0.0688. The molecule has 2 saturated carbocycles. The minimum atomic E-state index is 0.0688. The smallest absolute Gasteiger partial charge is 0.319 e. The van der Waals surface area contributed by atoms with Crippen LogP contribution in [0.1, 0.15) is 69.9 Å². The SMILES string of the molecule is O=C(Nc1nc(CBr)cs1)N(C1CCCCC1)C1CCCCC1. The van der Waals surface area contributed by atoms with E-state index in [9.17, 15) is 4.79 Å². The number of alkyl halides is 1. The molecule has 0 saturated heterocycles. The van der Waals surface area contributed by atoms with Crippen LogP contribution in [0.2, 0.25) is 0 Å². The zero-order valence-corrected chi connectivity index (χ0v) is 16.0. The summed E-state index contributed by atoms with van der Waals surface area (Å²) in [5, 5.41) is 6.51. The second-order valence-electron chi connectivity index (χ2n) is 6.70. The Morgan fingerprint density at radius 1 is 1.13 bits per heavy atom. The first-order valence-electron chi connectivity index (χ1n) is 8.87. The zero-order valence-electron chi connectivity index (χ0n) is 13.6. The van der Waals surface area contributed by atoms with Gasteiger partial charge >= 0.3 is 6.03 Å². The van der Waals surface area contributed by atoms with Gasteiger partial charge in [0, 0.05) is 22.8 Å². The van der Waals surface area contributed by atoms with Crippen LogP contribution in [0.15, 0.2) is 5.38 Å². The quantitative estimate of drug-likeness (QED) is 0.675. The largest absolute Gasteiger partial charge is 0.324 e. The van der Waals surface area contributed by atoms with Crippen molar-refractivity contribution in [3.63, 3.8) is 0 Å². The number of anilines is 1. The Labute approximate surface area is 151 Å². The topological polar surface area (TPSA) is 45.2 Å². The van der Waals surface area contributed by atoms with Gasteiger partial charge in [0.15, 0.2) is 5.13 Å². The number of carbonyl (C=O) groups is 1.